The molecule has 1 aliphatic carbocycles. The van der Waals surface area contributed by atoms with Gasteiger partial charge in [0, 0.05) is 34.0 Å². The van der Waals surface area contributed by atoms with Crippen molar-refractivity contribution in [2.75, 3.05) is 7.11 Å². The minimum absolute atomic E-state index is 0.0364. The third kappa shape index (κ3) is 3.10. The normalized spacial score (nSPS) is 22.0. The maximum absolute atomic E-state index is 13.0. The van der Waals surface area contributed by atoms with Crippen LogP contribution in [0.2, 0.25) is 10.0 Å². The first kappa shape index (κ1) is 18.8. The topological polar surface area (TPSA) is 78.6 Å². The fourth-order valence-corrected chi connectivity index (χ4v) is 4.18. The number of benzene rings is 1. The third-order valence-corrected chi connectivity index (χ3v) is 5.31. The second kappa shape index (κ2) is 6.63. The van der Waals surface area contributed by atoms with Crippen molar-refractivity contribution in [3.8, 4) is 0 Å². The zero-order valence-electron chi connectivity index (χ0n) is 14.7. The number of methoxy groups -OCH3 is 1. The molecule has 1 unspecified atom stereocenters. The smallest absolute Gasteiger partial charge is 0.340 e. The molecule has 1 atom stereocenters. The molecule has 0 amide bonds. The van der Waals surface area contributed by atoms with Crippen molar-refractivity contribution < 1.29 is 19.1 Å². The Balaban J connectivity index is 2.29. The van der Waals surface area contributed by atoms with E-state index in [1.165, 1.54) is 7.11 Å². The van der Waals surface area contributed by atoms with Gasteiger partial charge in [-0.3, -0.25) is 4.79 Å². The zero-order chi connectivity index (χ0) is 19.2. The molecule has 0 saturated heterocycles. The molecule has 26 heavy (non-hydrogen) atoms. The lowest BCUT2D eigenvalue weighted by atomic mass is 9.70. The number of halogens is 2. The number of carbonyl (C=O) groups excluding carboxylic acids is 2. The number of ketones is 1. The molecule has 5 nitrogen and oxygen atoms in total. The molecule has 2 aliphatic rings. The van der Waals surface area contributed by atoms with Crippen LogP contribution in [0.25, 0.3) is 0 Å². The quantitative estimate of drug-likeness (QED) is 0.762. The van der Waals surface area contributed by atoms with Gasteiger partial charge in [0.1, 0.15) is 11.3 Å². The lowest BCUT2D eigenvalue weighted by Crippen LogP contribution is -2.35. The second-order valence-electron chi connectivity index (χ2n) is 7.22. The number of carbonyl (C=O) groups is 2. The second-order valence-corrected chi connectivity index (χ2v) is 8.03. The molecule has 0 aromatic heterocycles. The predicted molar refractivity (Wildman–Crippen MR) is 98.6 cm³/mol. The van der Waals surface area contributed by atoms with E-state index in [2.05, 4.69) is 0 Å². The van der Waals surface area contributed by atoms with Crippen molar-refractivity contribution in [3.63, 3.8) is 0 Å². The van der Waals surface area contributed by atoms with Crippen LogP contribution in [0.1, 0.15) is 38.2 Å². The number of allylic oxidation sites excluding steroid dienone is 2. The lowest BCUT2D eigenvalue weighted by molar-refractivity contribution is -0.136. The van der Waals surface area contributed by atoms with Crippen LogP contribution in [0, 0.1) is 5.41 Å². The minimum Gasteiger partial charge on any atom is -0.465 e. The van der Waals surface area contributed by atoms with Gasteiger partial charge in [-0.1, -0.05) is 43.1 Å². The molecule has 7 heteroatoms. The first-order chi connectivity index (χ1) is 12.2. The number of rotatable bonds is 2. The molecule has 0 radical (unpaired) electrons. The number of esters is 1. The number of Topliss-reactive ketones (excluding diaryl/α,β-unsaturated/α-hetero) is 1. The van der Waals surface area contributed by atoms with Gasteiger partial charge < -0.3 is 15.2 Å². The van der Waals surface area contributed by atoms with Gasteiger partial charge in [-0.15, -0.1) is 0 Å². The largest absolute Gasteiger partial charge is 0.465 e. The Morgan fingerprint density at radius 2 is 1.88 bits per heavy atom. The average molecular weight is 396 g/mol. The summed E-state index contributed by atoms with van der Waals surface area (Å²) in [5.74, 6) is -1.27. The molecule has 2 N–H and O–H groups in total. The van der Waals surface area contributed by atoms with E-state index in [0.29, 0.717) is 39.8 Å². The van der Waals surface area contributed by atoms with E-state index in [0.717, 1.165) is 0 Å². The van der Waals surface area contributed by atoms with Crippen molar-refractivity contribution in [1.82, 2.24) is 0 Å². The van der Waals surface area contributed by atoms with Gasteiger partial charge in [-0.2, -0.15) is 0 Å². The molecular formula is C19H19Cl2NO4. The number of ether oxygens (including phenoxy) is 2. The van der Waals surface area contributed by atoms with E-state index in [1.54, 1.807) is 18.2 Å². The summed E-state index contributed by atoms with van der Waals surface area (Å²) in [6, 6.07) is 5.00. The highest BCUT2D eigenvalue weighted by atomic mass is 35.5. The van der Waals surface area contributed by atoms with Crippen molar-refractivity contribution >= 4 is 35.0 Å². The van der Waals surface area contributed by atoms with Crippen LogP contribution in [-0.4, -0.2) is 18.9 Å². The standard InChI is InChI=1S/C19H19Cl2NO4/c1-19(2)7-11(23)14-12(8-19)26-17(22)16(18(24)25-3)15(14)13-9(20)5-4-6-10(13)21/h4-6,15H,7-8,22H2,1-3H3. The van der Waals surface area contributed by atoms with E-state index in [-0.39, 0.29) is 22.7 Å². The Hall–Kier alpha value is -1.98. The molecule has 0 fully saturated rings. The van der Waals surface area contributed by atoms with Crippen LogP contribution >= 0.6 is 23.2 Å². The summed E-state index contributed by atoms with van der Waals surface area (Å²) >= 11 is 12.8. The number of hydrogen-bond donors (Lipinski definition) is 1. The number of hydrogen-bond acceptors (Lipinski definition) is 5. The fourth-order valence-electron chi connectivity index (χ4n) is 3.57. The highest BCUT2D eigenvalue weighted by Crippen LogP contribution is 2.50. The molecule has 0 bridgehead atoms. The van der Waals surface area contributed by atoms with Gasteiger partial charge in [0.25, 0.3) is 0 Å². The van der Waals surface area contributed by atoms with Gasteiger partial charge in [0.2, 0.25) is 5.88 Å². The average Bonchev–Trinajstić information content (AvgIpc) is 2.52. The Morgan fingerprint density at radius 1 is 1.27 bits per heavy atom. The first-order valence-electron chi connectivity index (χ1n) is 8.12. The van der Waals surface area contributed by atoms with Gasteiger partial charge in [0.05, 0.1) is 13.0 Å². The summed E-state index contributed by atoms with van der Waals surface area (Å²) in [6.45, 7) is 3.95. The Morgan fingerprint density at radius 3 is 2.46 bits per heavy atom. The van der Waals surface area contributed by atoms with Crippen molar-refractivity contribution in [2.24, 2.45) is 11.1 Å². The highest BCUT2D eigenvalue weighted by molar-refractivity contribution is 6.36. The third-order valence-electron chi connectivity index (χ3n) is 4.65. The number of nitrogens with two attached hydrogens (primary N) is 1. The Labute approximate surface area is 161 Å². The van der Waals surface area contributed by atoms with E-state index in [1.807, 2.05) is 13.8 Å². The molecule has 1 heterocycles. The Kier molecular flexibility index (Phi) is 4.80. The van der Waals surface area contributed by atoms with Crippen LogP contribution in [0.5, 0.6) is 0 Å². The van der Waals surface area contributed by atoms with E-state index < -0.39 is 11.9 Å². The van der Waals surface area contributed by atoms with Crippen LogP contribution < -0.4 is 5.73 Å². The monoisotopic (exact) mass is 395 g/mol. The molecule has 1 aliphatic heterocycles. The summed E-state index contributed by atoms with van der Waals surface area (Å²) in [7, 11) is 1.24. The summed E-state index contributed by atoms with van der Waals surface area (Å²) in [6.07, 6.45) is 0.837. The predicted octanol–water partition coefficient (Wildman–Crippen LogP) is 4.09. The van der Waals surface area contributed by atoms with E-state index >= 15 is 0 Å². The summed E-state index contributed by atoms with van der Waals surface area (Å²) < 4.78 is 10.6. The van der Waals surface area contributed by atoms with Gasteiger partial charge in [0.15, 0.2) is 5.78 Å². The van der Waals surface area contributed by atoms with Crippen LogP contribution in [0.4, 0.5) is 0 Å². The minimum atomic E-state index is -0.823. The molecule has 1 aromatic rings. The first-order valence-corrected chi connectivity index (χ1v) is 8.88. The lowest BCUT2D eigenvalue weighted by Gasteiger charge is -2.38. The molecule has 0 saturated carbocycles. The van der Waals surface area contributed by atoms with E-state index in [9.17, 15) is 9.59 Å². The molecule has 138 valence electrons. The highest BCUT2D eigenvalue weighted by Gasteiger charge is 2.46. The SMILES string of the molecule is COC(=O)C1=C(N)OC2=C(C(=O)CC(C)(C)C2)C1c1c(Cl)cccc1Cl. The van der Waals surface area contributed by atoms with Crippen molar-refractivity contribution in [2.45, 2.75) is 32.6 Å². The van der Waals surface area contributed by atoms with Gasteiger partial charge in [-0.05, 0) is 17.5 Å². The van der Waals surface area contributed by atoms with Crippen LogP contribution in [0.15, 0.2) is 41.0 Å². The maximum Gasteiger partial charge on any atom is 0.340 e. The van der Waals surface area contributed by atoms with Gasteiger partial charge >= 0.3 is 5.97 Å². The fraction of sp³-hybridized carbons (Fsp3) is 0.368. The molecule has 1 aromatic carbocycles. The van der Waals surface area contributed by atoms with Crippen molar-refractivity contribution in [3.05, 3.63) is 56.6 Å². The maximum atomic E-state index is 13.0. The van der Waals surface area contributed by atoms with Gasteiger partial charge in [-0.25, -0.2) is 4.79 Å². The Bertz CT molecular complexity index is 850. The molecular weight excluding hydrogens is 377 g/mol. The van der Waals surface area contributed by atoms with Crippen LogP contribution in [-0.2, 0) is 19.1 Å². The summed E-state index contributed by atoms with van der Waals surface area (Å²) in [5.41, 5.74) is 6.63. The molecule has 0 spiro atoms. The molecule has 3 rings (SSSR count). The summed E-state index contributed by atoms with van der Waals surface area (Å²) in [4.78, 5) is 25.4. The zero-order valence-corrected chi connectivity index (χ0v) is 16.2. The summed E-state index contributed by atoms with van der Waals surface area (Å²) in [5, 5.41) is 0.672. The van der Waals surface area contributed by atoms with Crippen LogP contribution in [0.3, 0.4) is 0 Å². The van der Waals surface area contributed by atoms with Crippen molar-refractivity contribution in [1.29, 1.82) is 0 Å². The van der Waals surface area contributed by atoms with E-state index in [4.69, 9.17) is 38.4 Å².